The second kappa shape index (κ2) is 5.53. The number of benzene rings is 1. The fourth-order valence-electron chi connectivity index (χ4n) is 2.84. The maximum absolute atomic E-state index is 12.4. The van der Waals surface area contributed by atoms with Gasteiger partial charge in [0, 0.05) is 24.0 Å². The Balaban J connectivity index is 1.82. The normalized spacial score (nSPS) is 19.2. The average Bonchev–Trinajstić information content (AvgIpc) is 2.86. The second-order valence-corrected chi connectivity index (χ2v) is 5.84. The van der Waals surface area contributed by atoms with Crippen LogP contribution in [-0.4, -0.2) is 36.6 Å². The predicted molar refractivity (Wildman–Crippen MR) is 81.4 cm³/mol. The quantitative estimate of drug-likeness (QED) is 0.853. The van der Waals surface area contributed by atoms with Crippen LogP contribution in [0.15, 0.2) is 22.8 Å². The molecule has 2 aromatic rings. The van der Waals surface area contributed by atoms with Crippen LogP contribution in [0.2, 0.25) is 0 Å². The van der Waals surface area contributed by atoms with Crippen molar-refractivity contribution in [1.82, 2.24) is 4.90 Å². The molecule has 0 radical (unpaired) electrons. The molecule has 1 aromatic carbocycles. The van der Waals surface area contributed by atoms with E-state index >= 15 is 0 Å². The molecule has 0 spiro atoms. The second-order valence-electron chi connectivity index (χ2n) is 5.84. The maximum atomic E-state index is 12.4. The molecule has 0 aliphatic carbocycles. The monoisotopic (exact) mass is 287 g/mol. The number of aryl methyl sites for hydroxylation is 2. The summed E-state index contributed by atoms with van der Waals surface area (Å²) in [6.45, 7) is 8.09. The van der Waals surface area contributed by atoms with Gasteiger partial charge in [-0.05, 0) is 31.9 Å². The third kappa shape index (κ3) is 2.68. The molecule has 1 aliphatic heterocycles. The van der Waals surface area contributed by atoms with E-state index in [0.29, 0.717) is 26.1 Å². The Morgan fingerprint density at radius 2 is 2.19 bits per heavy atom. The van der Waals surface area contributed by atoms with Crippen LogP contribution in [0, 0.1) is 13.8 Å². The highest BCUT2D eigenvalue weighted by molar-refractivity contribution is 5.89. The van der Waals surface area contributed by atoms with E-state index in [1.54, 1.807) is 6.26 Å². The van der Waals surface area contributed by atoms with Crippen LogP contribution < -0.4 is 0 Å². The van der Waals surface area contributed by atoms with Crippen molar-refractivity contribution >= 4 is 16.9 Å². The summed E-state index contributed by atoms with van der Waals surface area (Å²) in [7, 11) is 0. The van der Waals surface area contributed by atoms with Crippen molar-refractivity contribution < 1.29 is 13.9 Å². The number of rotatable bonds is 2. The van der Waals surface area contributed by atoms with Gasteiger partial charge in [0.05, 0.1) is 25.4 Å². The van der Waals surface area contributed by atoms with Crippen LogP contribution in [-0.2, 0) is 16.0 Å². The van der Waals surface area contributed by atoms with Gasteiger partial charge in [-0.15, -0.1) is 0 Å². The summed E-state index contributed by atoms with van der Waals surface area (Å²) in [4.78, 5) is 14.3. The van der Waals surface area contributed by atoms with E-state index in [2.05, 4.69) is 19.9 Å². The average molecular weight is 287 g/mol. The molecular formula is C17H21NO3. The highest BCUT2D eigenvalue weighted by atomic mass is 16.5. The Morgan fingerprint density at radius 1 is 1.38 bits per heavy atom. The molecule has 1 saturated heterocycles. The molecule has 4 nitrogen and oxygen atoms in total. The van der Waals surface area contributed by atoms with E-state index in [0.717, 1.165) is 22.1 Å². The van der Waals surface area contributed by atoms with Gasteiger partial charge in [0.2, 0.25) is 5.91 Å². The molecule has 4 heteroatoms. The summed E-state index contributed by atoms with van der Waals surface area (Å²) in [5.41, 5.74) is 4.22. The number of hydrogen-bond donors (Lipinski definition) is 0. The van der Waals surface area contributed by atoms with Crippen LogP contribution in [0.1, 0.15) is 23.6 Å². The SMILES string of the molecule is Cc1ccc2c(CC(=O)N3CCOC(C)C3)coc2c1C. The topological polar surface area (TPSA) is 42.7 Å². The zero-order valence-electron chi connectivity index (χ0n) is 12.8. The summed E-state index contributed by atoms with van der Waals surface area (Å²) in [5, 5.41) is 1.05. The van der Waals surface area contributed by atoms with Crippen molar-refractivity contribution in [2.75, 3.05) is 19.7 Å². The Hall–Kier alpha value is -1.81. The van der Waals surface area contributed by atoms with Crippen molar-refractivity contribution in [3.63, 3.8) is 0 Å². The van der Waals surface area contributed by atoms with Crippen molar-refractivity contribution in [3.05, 3.63) is 35.1 Å². The van der Waals surface area contributed by atoms with Crippen molar-refractivity contribution in [2.24, 2.45) is 0 Å². The number of fused-ring (bicyclic) bond motifs is 1. The highest BCUT2D eigenvalue weighted by Gasteiger charge is 2.22. The molecule has 1 amide bonds. The fraction of sp³-hybridized carbons (Fsp3) is 0.471. The van der Waals surface area contributed by atoms with Crippen LogP contribution in [0.3, 0.4) is 0 Å². The van der Waals surface area contributed by atoms with Crippen molar-refractivity contribution in [1.29, 1.82) is 0 Å². The third-order valence-corrected chi connectivity index (χ3v) is 4.28. The number of morpholine rings is 1. The molecule has 1 unspecified atom stereocenters. The Bertz CT molecular complexity index is 674. The highest BCUT2D eigenvalue weighted by Crippen LogP contribution is 2.27. The van der Waals surface area contributed by atoms with Crippen LogP contribution >= 0.6 is 0 Å². The summed E-state index contributed by atoms with van der Waals surface area (Å²) in [6.07, 6.45) is 2.23. The van der Waals surface area contributed by atoms with Gasteiger partial charge in [0.25, 0.3) is 0 Å². The lowest BCUT2D eigenvalue weighted by Crippen LogP contribution is -2.45. The summed E-state index contributed by atoms with van der Waals surface area (Å²) < 4.78 is 11.2. The van der Waals surface area contributed by atoms with E-state index in [9.17, 15) is 4.79 Å². The molecule has 112 valence electrons. The van der Waals surface area contributed by atoms with E-state index in [1.165, 1.54) is 5.56 Å². The fourth-order valence-corrected chi connectivity index (χ4v) is 2.84. The number of carbonyl (C=O) groups is 1. The smallest absolute Gasteiger partial charge is 0.227 e. The lowest BCUT2D eigenvalue weighted by atomic mass is 10.0. The largest absolute Gasteiger partial charge is 0.464 e. The molecule has 21 heavy (non-hydrogen) atoms. The van der Waals surface area contributed by atoms with E-state index < -0.39 is 0 Å². The minimum absolute atomic E-state index is 0.119. The molecule has 0 saturated carbocycles. The number of carbonyl (C=O) groups excluding carboxylic acids is 1. The molecule has 2 heterocycles. The number of furan rings is 1. The minimum Gasteiger partial charge on any atom is -0.464 e. The predicted octanol–water partition coefficient (Wildman–Crippen LogP) is 2.84. The Labute approximate surface area is 124 Å². The molecule has 0 N–H and O–H groups in total. The van der Waals surface area contributed by atoms with Gasteiger partial charge in [-0.25, -0.2) is 0 Å². The van der Waals surface area contributed by atoms with Gasteiger partial charge in [-0.1, -0.05) is 12.1 Å². The van der Waals surface area contributed by atoms with Crippen LogP contribution in [0.25, 0.3) is 11.0 Å². The van der Waals surface area contributed by atoms with Crippen molar-refractivity contribution in [3.8, 4) is 0 Å². The first-order valence-corrected chi connectivity index (χ1v) is 7.42. The first-order valence-electron chi connectivity index (χ1n) is 7.42. The molecule has 0 bridgehead atoms. The first-order chi connectivity index (χ1) is 10.1. The number of hydrogen-bond acceptors (Lipinski definition) is 3. The standard InChI is InChI=1S/C17H21NO3/c1-11-4-5-15-14(10-21-17(15)13(11)3)8-16(19)18-6-7-20-12(2)9-18/h4-5,10,12H,6-9H2,1-3H3. The molecule has 1 atom stereocenters. The minimum atomic E-state index is 0.119. The summed E-state index contributed by atoms with van der Waals surface area (Å²) >= 11 is 0. The van der Waals surface area contributed by atoms with Crippen LogP contribution in [0.4, 0.5) is 0 Å². The van der Waals surface area contributed by atoms with Gasteiger partial charge in [0.15, 0.2) is 0 Å². The Kier molecular flexibility index (Phi) is 3.72. The number of amides is 1. The van der Waals surface area contributed by atoms with Gasteiger partial charge in [-0.3, -0.25) is 4.79 Å². The lowest BCUT2D eigenvalue weighted by Gasteiger charge is -2.31. The van der Waals surface area contributed by atoms with Gasteiger partial charge < -0.3 is 14.1 Å². The molecule has 1 fully saturated rings. The maximum Gasteiger partial charge on any atom is 0.227 e. The van der Waals surface area contributed by atoms with Gasteiger partial charge >= 0.3 is 0 Å². The van der Waals surface area contributed by atoms with Crippen molar-refractivity contribution in [2.45, 2.75) is 33.3 Å². The lowest BCUT2D eigenvalue weighted by molar-refractivity contribution is -0.137. The first kappa shape index (κ1) is 14.1. The third-order valence-electron chi connectivity index (χ3n) is 4.28. The van der Waals surface area contributed by atoms with E-state index in [1.807, 2.05) is 17.9 Å². The van der Waals surface area contributed by atoms with Gasteiger partial charge in [0.1, 0.15) is 5.58 Å². The zero-order chi connectivity index (χ0) is 15.0. The Morgan fingerprint density at radius 3 is 2.95 bits per heavy atom. The zero-order valence-corrected chi connectivity index (χ0v) is 12.8. The summed E-state index contributed by atoms with van der Waals surface area (Å²) in [5.74, 6) is 0.145. The number of ether oxygens (including phenoxy) is 1. The summed E-state index contributed by atoms with van der Waals surface area (Å²) in [6, 6.07) is 4.13. The van der Waals surface area contributed by atoms with Gasteiger partial charge in [-0.2, -0.15) is 0 Å². The number of nitrogens with zero attached hydrogens (tertiary/aromatic N) is 1. The van der Waals surface area contributed by atoms with Crippen LogP contribution in [0.5, 0.6) is 0 Å². The molecular weight excluding hydrogens is 266 g/mol. The molecule has 3 rings (SSSR count). The molecule has 1 aliphatic rings. The molecule has 1 aromatic heterocycles. The van der Waals surface area contributed by atoms with E-state index in [-0.39, 0.29) is 12.0 Å². The van der Waals surface area contributed by atoms with E-state index in [4.69, 9.17) is 9.15 Å².